The average molecular weight is 258 g/mol. The summed E-state index contributed by atoms with van der Waals surface area (Å²) in [6.07, 6.45) is 16.9. The van der Waals surface area contributed by atoms with Crippen molar-refractivity contribution in [3.05, 3.63) is 72.6 Å². The van der Waals surface area contributed by atoms with Crippen LogP contribution in [0.15, 0.2) is 72.6 Å². The molecule has 1 aliphatic carbocycles. The van der Waals surface area contributed by atoms with E-state index in [1.54, 1.807) is 0 Å². The highest BCUT2D eigenvalue weighted by Gasteiger charge is 2.07. The lowest BCUT2D eigenvalue weighted by Gasteiger charge is -2.11. The van der Waals surface area contributed by atoms with Gasteiger partial charge in [0.25, 0.3) is 0 Å². The summed E-state index contributed by atoms with van der Waals surface area (Å²) in [5, 5.41) is 0. The zero-order valence-corrected chi connectivity index (χ0v) is 12.5. The minimum absolute atomic E-state index is 0.688. The quantitative estimate of drug-likeness (QED) is 0.521. The van der Waals surface area contributed by atoms with Crippen molar-refractivity contribution in [2.24, 2.45) is 0 Å². The maximum absolute atomic E-state index is 5.80. The van der Waals surface area contributed by atoms with E-state index in [-0.39, 0.29) is 0 Å². The summed E-state index contributed by atoms with van der Waals surface area (Å²) in [7, 11) is 0. The Kier molecular flexibility index (Phi) is 10.3. The molecule has 0 spiro atoms. The highest BCUT2D eigenvalue weighted by atomic mass is 16.5. The van der Waals surface area contributed by atoms with Crippen LogP contribution in [-0.4, -0.2) is 6.61 Å². The van der Waals surface area contributed by atoms with Crippen LogP contribution in [-0.2, 0) is 4.74 Å². The molecule has 0 radical (unpaired) electrons. The normalized spacial score (nSPS) is 21.3. The third-order valence-corrected chi connectivity index (χ3v) is 2.50. The predicted octanol–water partition coefficient (Wildman–Crippen LogP) is 5.51. The van der Waals surface area contributed by atoms with Gasteiger partial charge in [0.2, 0.25) is 0 Å². The summed E-state index contributed by atoms with van der Waals surface area (Å²) in [5.41, 5.74) is 2.52. The monoisotopic (exact) mass is 258 g/mol. The van der Waals surface area contributed by atoms with Crippen LogP contribution in [0.1, 0.15) is 33.6 Å². The van der Waals surface area contributed by atoms with E-state index in [9.17, 15) is 0 Å². The fourth-order valence-corrected chi connectivity index (χ4v) is 1.64. The smallest absolute Gasteiger partial charge is 0.119 e. The summed E-state index contributed by atoms with van der Waals surface area (Å²) in [6.45, 7) is 12.8. The van der Waals surface area contributed by atoms with Crippen LogP contribution in [0.4, 0.5) is 0 Å². The Morgan fingerprint density at radius 3 is 2.47 bits per heavy atom. The van der Waals surface area contributed by atoms with E-state index < -0.39 is 0 Å². The lowest BCUT2D eigenvalue weighted by atomic mass is 10.1. The van der Waals surface area contributed by atoms with Crippen molar-refractivity contribution in [2.45, 2.75) is 33.6 Å². The first-order valence-corrected chi connectivity index (χ1v) is 6.87. The molecule has 1 heteroatoms. The fourth-order valence-electron chi connectivity index (χ4n) is 1.64. The van der Waals surface area contributed by atoms with E-state index in [1.165, 1.54) is 11.1 Å². The SMILES string of the molecule is C/C1=C/C=C\CC2=CC=CCC=C2OC1.C=C.CC. The van der Waals surface area contributed by atoms with E-state index in [0.29, 0.717) is 6.61 Å². The Labute approximate surface area is 118 Å². The Bertz CT molecular complexity index is 392. The Morgan fingerprint density at radius 1 is 1.05 bits per heavy atom. The molecule has 0 aromatic heterocycles. The summed E-state index contributed by atoms with van der Waals surface area (Å²) < 4.78 is 5.80. The molecule has 19 heavy (non-hydrogen) atoms. The van der Waals surface area contributed by atoms with E-state index in [1.807, 2.05) is 13.8 Å². The molecule has 0 saturated heterocycles. The minimum atomic E-state index is 0.688. The number of fused-ring (bicyclic) bond motifs is 1. The molecular formula is C18H26O. The highest BCUT2D eigenvalue weighted by Crippen LogP contribution is 2.21. The Balaban J connectivity index is 0.000000741. The number of hydrogen-bond donors (Lipinski definition) is 0. The van der Waals surface area contributed by atoms with Gasteiger partial charge in [-0.05, 0) is 37.0 Å². The second kappa shape index (κ2) is 11.3. The Morgan fingerprint density at radius 2 is 1.74 bits per heavy atom. The third kappa shape index (κ3) is 6.66. The number of hydrogen-bond acceptors (Lipinski definition) is 1. The lowest BCUT2D eigenvalue weighted by molar-refractivity contribution is 0.246. The molecule has 104 valence electrons. The van der Waals surface area contributed by atoms with Crippen LogP contribution in [0.5, 0.6) is 0 Å². The molecule has 0 atom stereocenters. The molecule has 0 fully saturated rings. The summed E-state index contributed by atoms with van der Waals surface area (Å²) in [6, 6.07) is 0. The molecule has 2 aliphatic rings. The van der Waals surface area contributed by atoms with Crippen LogP contribution in [0.3, 0.4) is 0 Å². The summed E-state index contributed by atoms with van der Waals surface area (Å²) in [4.78, 5) is 0. The van der Waals surface area contributed by atoms with Gasteiger partial charge < -0.3 is 4.74 Å². The first kappa shape index (κ1) is 17.2. The van der Waals surface area contributed by atoms with Crippen LogP contribution in [0.2, 0.25) is 0 Å². The van der Waals surface area contributed by atoms with Crippen molar-refractivity contribution < 1.29 is 4.74 Å². The van der Waals surface area contributed by atoms with Gasteiger partial charge in [-0.1, -0.05) is 50.3 Å². The molecule has 2 rings (SSSR count). The van der Waals surface area contributed by atoms with Gasteiger partial charge in [0, 0.05) is 0 Å². The largest absolute Gasteiger partial charge is 0.489 e. The second-order valence-corrected chi connectivity index (χ2v) is 3.86. The predicted molar refractivity (Wildman–Crippen MR) is 86.0 cm³/mol. The van der Waals surface area contributed by atoms with Crippen molar-refractivity contribution in [1.29, 1.82) is 0 Å². The van der Waals surface area contributed by atoms with E-state index >= 15 is 0 Å². The minimum Gasteiger partial charge on any atom is -0.489 e. The maximum atomic E-state index is 5.80. The molecule has 0 unspecified atom stereocenters. The zero-order chi connectivity index (χ0) is 14.5. The molecular weight excluding hydrogens is 232 g/mol. The topological polar surface area (TPSA) is 9.23 Å². The van der Waals surface area contributed by atoms with Crippen molar-refractivity contribution in [2.75, 3.05) is 6.61 Å². The average Bonchev–Trinajstić information content (AvgIpc) is 2.66. The van der Waals surface area contributed by atoms with Crippen LogP contribution < -0.4 is 0 Å². The van der Waals surface area contributed by atoms with Gasteiger partial charge in [-0.15, -0.1) is 13.2 Å². The first-order chi connectivity index (χ1) is 9.36. The van der Waals surface area contributed by atoms with E-state index in [2.05, 4.69) is 62.6 Å². The van der Waals surface area contributed by atoms with Gasteiger partial charge >= 0.3 is 0 Å². The fraction of sp³-hybridized carbons (Fsp3) is 0.333. The Hall–Kier alpha value is -1.76. The highest BCUT2D eigenvalue weighted by molar-refractivity contribution is 5.35. The zero-order valence-electron chi connectivity index (χ0n) is 12.5. The number of allylic oxidation sites excluding steroid dienone is 8. The molecule has 0 aromatic carbocycles. The van der Waals surface area contributed by atoms with Crippen molar-refractivity contribution in [3.63, 3.8) is 0 Å². The molecule has 1 aliphatic heterocycles. The summed E-state index contributed by atoms with van der Waals surface area (Å²) in [5.74, 6) is 1.04. The molecule has 0 aromatic rings. The molecule has 0 bridgehead atoms. The van der Waals surface area contributed by atoms with Gasteiger partial charge in [0.15, 0.2) is 0 Å². The number of ether oxygens (including phenoxy) is 1. The van der Waals surface area contributed by atoms with Gasteiger partial charge in [-0.2, -0.15) is 0 Å². The first-order valence-electron chi connectivity index (χ1n) is 6.87. The molecule has 1 nitrogen and oxygen atoms in total. The van der Waals surface area contributed by atoms with Crippen molar-refractivity contribution >= 4 is 0 Å². The van der Waals surface area contributed by atoms with Gasteiger partial charge in [0.05, 0.1) is 0 Å². The van der Waals surface area contributed by atoms with Crippen LogP contribution in [0.25, 0.3) is 0 Å². The van der Waals surface area contributed by atoms with Crippen LogP contribution >= 0.6 is 0 Å². The second-order valence-electron chi connectivity index (χ2n) is 3.86. The maximum Gasteiger partial charge on any atom is 0.119 e. The molecule has 0 N–H and O–H groups in total. The van der Waals surface area contributed by atoms with E-state index in [4.69, 9.17) is 4.74 Å². The molecule has 0 amide bonds. The van der Waals surface area contributed by atoms with Crippen molar-refractivity contribution in [1.82, 2.24) is 0 Å². The third-order valence-electron chi connectivity index (χ3n) is 2.50. The molecule has 1 heterocycles. The lowest BCUT2D eigenvalue weighted by Crippen LogP contribution is -1.98. The molecule has 0 saturated carbocycles. The summed E-state index contributed by atoms with van der Waals surface area (Å²) >= 11 is 0. The van der Waals surface area contributed by atoms with Crippen LogP contribution in [0, 0.1) is 0 Å². The standard InChI is InChI=1S/C14H16O.C2H6.C2H4/c1-12-7-5-6-9-13-8-3-2-4-10-14(13)15-11-12;2*1-2/h2-3,5-8,10H,4,9,11H2,1H3;1-2H3;1-2H2/b6-5-,12-7-;;. The van der Waals surface area contributed by atoms with Gasteiger partial charge in [0.1, 0.15) is 12.4 Å². The van der Waals surface area contributed by atoms with E-state index in [0.717, 1.165) is 18.6 Å². The number of rotatable bonds is 0. The van der Waals surface area contributed by atoms with Gasteiger partial charge in [-0.25, -0.2) is 0 Å². The van der Waals surface area contributed by atoms with Crippen molar-refractivity contribution in [3.8, 4) is 0 Å². The van der Waals surface area contributed by atoms with Gasteiger partial charge in [-0.3, -0.25) is 0 Å².